The molecule has 0 aliphatic rings. The van der Waals surface area contributed by atoms with Gasteiger partial charge in [0, 0.05) is 19.1 Å². The molecule has 23 heavy (non-hydrogen) atoms. The molecule has 2 N–H and O–H groups in total. The van der Waals surface area contributed by atoms with E-state index in [9.17, 15) is 23.3 Å². The van der Waals surface area contributed by atoms with Crippen LogP contribution in [0, 0.1) is 10.1 Å². The largest absolute Gasteiger partial charge is 0.311 e. The van der Waals surface area contributed by atoms with Crippen LogP contribution in [0.3, 0.4) is 0 Å². The van der Waals surface area contributed by atoms with Crippen molar-refractivity contribution in [1.29, 1.82) is 0 Å². The molecule has 2 rings (SSSR count). The number of rotatable bonds is 5. The predicted molar refractivity (Wildman–Crippen MR) is 82.4 cm³/mol. The number of nitrogens with zero attached hydrogens (tertiary/aromatic N) is 2. The number of hydrogen-bond donors (Lipinski definition) is 2. The predicted octanol–water partition coefficient (Wildman–Crippen LogP) is 1.75. The average Bonchev–Trinajstić information content (AvgIpc) is 2.48. The van der Waals surface area contributed by atoms with E-state index in [1.807, 2.05) is 0 Å². The molecule has 0 saturated heterocycles. The molecular formula is C13H12N4O5S. The standard InChI is InChI=1S/C13H12N4O5S/c1-9(18)15-13-7-2-10(8-14-13)16-23(21,22)12-5-3-11(4-6-12)17(19)20/h2-8,16H,1H3,(H,14,15,18). The summed E-state index contributed by atoms with van der Waals surface area (Å²) in [6, 6.07) is 7.36. The molecule has 1 amide bonds. The van der Waals surface area contributed by atoms with E-state index in [2.05, 4.69) is 15.0 Å². The van der Waals surface area contributed by atoms with Crippen molar-refractivity contribution in [1.82, 2.24) is 4.98 Å². The zero-order chi connectivity index (χ0) is 17.0. The van der Waals surface area contributed by atoms with Gasteiger partial charge in [-0.2, -0.15) is 0 Å². The number of nitro benzene ring substituents is 1. The highest BCUT2D eigenvalue weighted by molar-refractivity contribution is 7.92. The highest BCUT2D eigenvalue weighted by Crippen LogP contribution is 2.19. The van der Waals surface area contributed by atoms with Crippen molar-refractivity contribution in [2.75, 3.05) is 10.0 Å². The molecule has 0 bridgehead atoms. The SMILES string of the molecule is CC(=O)Nc1ccc(NS(=O)(=O)c2ccc([N+](=O)[O-])cc2)cn1. The zero-order valence-corrected chi connectivity index (χ0v) is 12.7. The van der Waals surface area contributed by atoms with E-state index in [0.29, 0.717) is 0 Å². The Morgan fingerprint density at radius 1 is 1.17 bits per heavy atom. The second-order valence-corrected chi connectivity index (χ2v) is 6.15. The van der Waals surface area contributed by atoms with Gasteiger partial charge in [0.15, 0.2) is 0 Å². The van der Waals surface area contributed by atoms with Crippen LogP contribution in [-0.2, 0) is 14.8 Å². The number of non-ortho nitro benzene ring substituents is 1. The van der Waals surface area contributed by atoms with E-state index >= 15 is 0 Å². The first-order valence-corrected chi connectivity index (χ1v) is 7.77. The number of hydrogen-bond acceptors (Lipinski definition) is 6. The highest BCUT2D eigenvalue weighted by Gasteiger charge is 2.16. The van der Waals surface area contributed by atoms with Gasteiger partial charge in [0.1, 0.15) is 5.82 Å². The Labute approximate surface area is 131 Å². The minimum atomic E-state index is -3.89. The number of benzene rings is 1. The summed E-state index contributed by atoms with van der Waals surface area (Å²) in [6.45, 7) is 1.33. The van der Waals surface area contributed by atoms with E-state index in [1.54, 1.807) is 0 Å². The van der Waals surface area contributed by atoms with E-state index in [-0.39, 0.29) is 28.0 Å². The van der Waals surface area contributed by atoms with Gasteiger partial charge >= 0.3 is 0 Å². The van der Waals surface area contributed by atoms with E-state index < -0.39 is 14.9 Å². The average molecular weight is 336 g/mol. The first-order valence-electron chi connectivity index (χ1n) is 6.29. The molecule has 120 valence electrons. The van der Waals surface area contributed by atoms with E-state index in [4.69, 9.17) is 0 Å². The van der Waals surface area contributed by atoms with Gasteiger partial charge in [0.05, 0.1) is 21.7 Å². The summed E-state index contributed by atoms with van der Waals surface area (Å²) in [4.78, 5) is 24.6. The Kier molecular flexibility index (Phi) is 4.55. The number of sulfonamides is 1. The van der Waals surface area contributed by atoms with Gasteiger partial charge in [-0.3, -0.25) is 19.6 Å². The number of carbonyl (C=O) groups is 1. The second kappa shape index (κ2) is 6.40. The normalized spacial score (nSPS) is 10.8. The summed E-state index contributed by atoms with van der Waals surface area (Å²) in [7, 11) is -3.89. The lowest BCUT2D eigenvalue weighted by atomic mass is 10.3. The maximum atomic E-state index is 12.2. The number of anilines is 2. The molecule has 0 radical (unpaired) electrons. The molecule has 10 heteroatoms. The van der Waals surface area contributed by atoms with Crippen molar-refractivity contribution >= 4 is 33.1 Å². The van der Waals surface area contributed by atoms with Crippen LogP contribution in [-0.4, -0.2) is 24.2 Å². The van der Waals surface area contributed by atoms with Crippen LogP contribution in [0.2, 0.25) is 0 Å². The van der Waals surface area contributed by atoms with Gasteiger partial charge in [-0.1, -0.05) is 0 Å². The van der Waals surface area contributed by atoms with Crippen molar-refractivity contribution < 1.29 is 18.1 Å². The van der Waals surface area contributed by atoms with Gasteiger partial charge in [0.25, 0.3) is 15.7 Å². The Hall–Kier alpha value is -3.01. The second-order valence-electron chi connectivity index (χ2n) is 4.47. The Morgan fingerprint density at radius 3 is 2.30 bits per heavy atom. The molecule has 1 aromatic heterocycles. The molecular weight excluding hydrogens is 324 g/mol. The van der Waals surface area contributed by atoms with E-state index in [1.165, 1.54) is 25.3 Å². The molecule has 0 aliphatic heterocycles. The van der Waals surface area contributed by atoms with Gasteiger partial charge in [-0.25, -0.2) is 13.4 Å². The molecule has 1 aromatic carbocycles. The Balaban J connectivity index is 2.17. The number of carbonyl (C=O) groups excluding carboxylic acids is 1. The van der Waals surface area contributed by atoms with Crippen molar-refractivity contribution in [3.05, 3.63) is 52.7 Å². The maximum absolute atomic E-state index is 12.2. The minimum absolute atomic E-state index is 0.117. The number of amides is 1. The van der Waals surface area contributed by atoms with Gasteiger partial charge in [0.2, 0.25) is 5.91 Å². The van der Waals surface area contributed by atoms with Crippen LogP contribution in [0.4, 0.5) is 17.2 Å². The van der Waals surface area contributed by atoms with Crippen LogP contribution in [0.5, 0.6) is 0 Å². The van der Waals surface area contributed by atoms with Crippen LogP contribution >= 0.6 is 0 Å². The molecule has 0 atom stereocenters. The summed E-state index contributed by atoms with van der Waals surface area (Å²) in [5, 5.41) is 13.0. The number of aromatic nitrogens is 1. The Morgan fingerprint density at radius 2 is 1.83 bits per heavy atom. The fraction of sp³-hybridized carbons (Fsp3) is 0.0769. The lowest BCUT2D eigenvalue weighted by molar-refractivity contribution is -0.384. The quantitative estimate of drug-likeness (QED) is 0.631. The van der Waals surface area contributed by atoms with Gasteiger partial charge in [-0.05, 0) is 24.3 Å². The molecule has 0 unspecified atom stereocenters. The van der Waals surface area contributed by atoms with Crippen molar-refractivity contribution in [3.63, 3.8) is 0 Å². The van der Waals surface area contributed by atoms with Crippen molar-refractivity contribution in [3.8, 4) is 0 Å². The maximum Gasteiger partial charge on any atom is 0.269 e. The summed E-state index contributed by atoms with van der Waals surface area (Å²) in [5.41, 5.74) is -0.0114. The molecule has 0 spiro atoms. The third-order valence-corrected chi connectivity index (χ3v) is 4.07. The first-order chi connectivity index (χ1) is 10.8. The smallest absolute Gasteiger partial charge is 0.269 e. The number of pyridine rings is 1. The lowest BCUT2D eigenvalue weighted by Gasteiger charge is -2.08. The topological polar surface area (TPSA) is 131 Å². The summed E-state index contributed by atoms with van der Waals surface area (Å²) >= 11 is 0. The number of nitrogens with one attached hydrogen (secondary N) is 2. The third kappa shape index (κ3) is 4.23. The van der Waals surface area contributed by atoms with Crippen LogP contribution in [0.15, 0.2) is 47.5 Å². The fourth-order valence-electron chi connectivity index (χ4n) is 1.67. The van der Waals surface area contributed by atoms with Crippen LogP contribution in [0.1, 0.15) is 6.92 Å². The molecule has 9 nitrogen and oxygen atoms in total. The minimum Gasteiger partial charge on any atom is -0.311 e. The highest BCUT2D eigenvalue weighted by atomic mass is 32.2. The van der Waals surface area contributed by atoms with Crippen molar-refractivity contribution in [2.24, 2.45) is 0 Å². The van der Waals surface area contributed by atoms with Gasteiger partial charge < -0.3 is 5.32 Å². The molecule has 0 saturated carbocycles. The molecule has 2 aromatic rings. The number of nitro groups is 1. The fourth-order valence-corrected chi connectivity index (χ4v) is 2.71. The molecule has 0 aliphatic carbocycles. The summed E-state index contributed by atoms with van der Waals surface area (Å²) in [5.74, 6) is -0.00695. The Bertz CT molecular complexity index is 832. The van der Waals surface area contributed by atoms with Crippen LogP contribution < -0.4 is 10.0 Å². The lowest BCUT2D eigenvalue weighted by Crippen LogP contribution is -2.13. The summed E-state index contributed by atoms with van der Waals surface area (Å²) in [6.07, 6.45) is 1.24. The van der Waals surface area contributed by atoms with Crippen LogP contribution in [0.25, 0.3) is 0 Å². The van der Waals surface area contributed by atoms with E-state index in [0.717, 1.165) is 24.3 Å². The third-order valence-electron chi connectivity index (χ3n) is 2.68. The van der Waals surface area contributed by atoms with Gasteiger partial charge in [-0.15, -0.1) is 0 Å². The molecule has 1 heterocycles. The summed E-state index contributed by atoms with van der Waals surface area (Å²) < 4.78 is 26.6. The molecule has 0 fully saturated rings. The zero-order valence-electron chi connectivity index (χ0n) is 11.9. The first kappa shape index (κ1) is 16.4. The van der Waals surface area contributed by atoms with Crippen molar-refractivity contribution in [2.45, 2.75) is 11.8 Å². The monoisotopic (exact) mass is 336 g/mol.